The van der Waals surface area contributed by atoms with Crippen molar-refractivity contribution in [3.05, 3.63) is 35.0 Å². The van der Waals surface area contributed by atoms with Crippen LogP contribution < -0.4 is 0 Å². The van der Waals surface area contributed by atoms with Gasteiger partial charge in [0.15, 0.2) is 0 Å². The lowest BCUT2D eigenvalue weighted by Crippen LogP contribution is -2.07. The van der Waals surface area contributed by atoms with Gasteiger partial charge >= 0.3 is 5.97 Å². The third-order valence-corrected chi connectivity index (χ3v) is 3.75. The lowest BCUT2D eigenvalue weighted by atomic mass is 9.98. The van der Waals surface area contributed by atoms with Crippen molar-refractivity contribution >= 4 is 16.9 Å². The lowest BCUT2D eigenvalue weighted by Gasteiger charge is -2.05. The van der Waals surface area contributed by atoms with Gasteiger partial charge < -0.3 is 10.1 Å². The average molecular weight is 229 g/mol. The second-order valence-electron chi connectivity index (χ2n) is 4.64. The van der Waals surface area contributed by atoms with Crippen LogP contribution in [0.25, 0.3) is 10.9 Å². The monoisotopic (exact) mass is 229 g/mol. The summed E-state index contributed by atoms with van der Waals surface area (Å²) in [6.07, 6.45) is 2.54. The second kappa shape index (κ2) is 3.62. The lowest BCUT2D eigenvalue weighted by molar-refractivity contribution is -0.138. The van der Waals surface area contributed by atoms with Gasteiger partial charge in [-0.25, -0.2) is 0 Å². The summed E-state index contributed by atoms with van der Waals surface area (Å²) >= 11 is 0. The van der Waals surface area contributed by atoms with Crippen LogP contribution in [-0.4, -0.2) is 16.1 Å². The van der Waals surface area contributed by atoms with Crippen molar-refractivity contribution in [1.82, 2.24) is 4.98 Å². The number of H-pyrrole nitrogens is 1. The largest absolute Gasteiger partial charge is 0.481 e. The zero-order valence-electron chi connectivity index (χ0n) is 9.79. The first kappa shape index (κ1) is 10.4. The first-order valence-electron chi connectivity index (χ1n) is 6.07. The zero-order valence-corrected chi connectivity index (χ0v) is 9.79. The van der Waals surface area contributed by atoms with E-state index < -0.39 is 5.97 Å². The maximum atomic E-state index is 11.2. The van der Waals surface area contributed by atoms with E-state index in [0.29, 0.717) is 0 Å². The van der Waals surface area contributed by atoms with E-state index in [-0.39, 0.29) is 5.92 Å². The standard InChI is InChI=1S/C14H15NO2/c1-2-8-4-3-5-9-12-10(14(16)17)6-7-11(12)15-13(8)9/h3-5,10,15H,2,6-7H2,1H3,(H,16,17). The number of fused-ring (bicyclic) bond motifs is 3. The maximum absolute atomic E-state index is 11.2. The third-order valence-electron chi connectivity index (χ3n) is 3.75. The number of aryl methyl sites for hydroxylation is 2. The van der Waals surface area contributed by atoms with Gasteiger partial charge in [0.25, 0.3) is 0 Å². The molecule has 0 radical (unpaired) electrons. The maximum Gasteiger partial charge on any atom is 0.311 e. The minimum absolute atomic E-state index is 0.328. The fraction of sp³-hybridized carbons (Fsp3) is 0.357. The summed E-state index contributed by atoms with van der Waals surface area (Å²) in [7, 11) is 0. The molecule has 0 amide bonds. The van der Waals surface area contributed by atoms with Gasteiger partial charge in [0, 0.05) is 16.6 Å². The third kappa shape index (κ3) is 1.38. The quantitative estimate of drug-likeness (QED) is 0.832. The summed E-state index contributed by atoms with van der Waals surface area (Å²) in [5.74, 6) is -1.03. The van der Waals surface area contributed by atoms with Gasteiger partial charge in [-0.3, -0.25) is 4.79 Å². The number of hydrogen-bond acceptors (Lipinski definition) is 1. The van der Waals surface area contributed by atoms with Gasteiger partial charge in [0.2, 0.25) is 0 Å². The molecule has 0 spiro atoms. The number of hydrogen-bond donors (Lipinski definition) is 2. The van der Waals surface area contributed by atoms with Crippen molar-refractivity contribution in [2.75, 3.05) is 0 Å². The fourth-order valence-electron chi connectivity index (χ4n) is 2.92. The first-order chi connectivity index (χ1) is 8.22. The van der Waals surface area contributed by atoms with E-state index in [4.69, 9.17) is 0 Å². The predicted molar refractivity (Wildman–Crippen MR) is 66.4 cm³/mol. The highest BCUT2D eigenvalue weighted by molar-refractivity contribution is 5.93. The molecule has 0 bridgehead atoms. The average Bonchev–Trinajstić information content (AvgIpc) is 2.86. The molecule has 1 aromatic heterocycles. The van der Waals surface area contributed by atoms with Crippen molar-refractivity contribution in [2.24, 2.45) is 0 Å². The summed E-state index contributed by atoms with van der Waals surface area (Å²) < 4.78 is 0. The van der Waals surface area contributed by atoms with Crippen LogP contribution in [0, 0.1) is 0 Å². The highest BCUT2D eigenvalue weighted by atomic mass is 16.4. The van der Waals surface area contributed by atoms with Crippen LogP contribution in [0.2, 0.25) is 0 Å². The Bertz CT molecular complexity index is 598. The Morgan fingerprint density at radius 2 is 2.35 bits per heavy atom. The number of benzene rings is 1. The van der Waals surface area contributed by atoms with E-state index in [9.17, 15) is 9.90 Å². The number of aliphatic carboxylic acids is 1. The Labute approximate surface area is 99.5 Å². The summed E-state index contributed by atoms with van der Waals surface area (Å²) in [5, 5.41) is 10.4. The molecular formula is C14H15NO2. The molecule has 1 aromatic carbocycles. The number of carbonyl (C=O) groups is 1. The molecule has 88 valence electrons. The van der Waals surface area contributed by atoms with Crippen molar-refractivity contribution in [3.8, 4) is 0 Å². The smallest absolute Gasteiger partial charge is 0.311 e. The molecule has 1 atom stereocenters. The zero-order chi connectivity index (χ0) is 12.0. The number of aromatic amines is 1. The van der Waals surface area contributed by atoms with E-state index in [1.807, 2.05) is 12.1 Å². The van der Waals surface area contributed by atoms with Gasteiger partial charge in [-0.05, 0) is 30.4 Å². The molecule has 3 nitrogen and oxygen atoms in total. The molecule has 3 rings (SSSR count). The van der Waals surface area contributed by atoms with E-state index in [1.54, 1.807) is 0 Å². The van der Waals surface area contributed by atoms with Crippen LogP contribution in [0.1, 0.15) is 36.1 Å². The Balaban J connectivity index is 2.28. The van der Waals surface area contributed by atoms with Gasteiger partial charge in [-0.2, -0.15) is 0 Å². The minimum atomic E-state index is -0.702. The molecule has 1 heterocycles. The highest BCUT2D eigenvalue weighted by Gasteiger charge is 2.32. The fourth-order valence-corrected chi connectivity index (χ4v) is 2.92. The molecular weight excluding hydrogens is 214 g/mol. The summed E-state index contributed by atoms with van der Waals surface area (Å²) in [6, 6.07) is 6.15. The summed E-state index contributed by atoms with van der Waals surface area (Å²) in [5.41, 5.74) is 4.53. The van der Waals surface area contributed by atoms with Gasteiger partial charge in [-0.1, -0.05) is 25.1 Å². The number of aromatic nitrogens is 1. The van der Waals surface area contributed by atoms with E-state index >= 15 is 0 Å². The predicted octanol–water partition coefficient (Wildman–Crippen LogP) is 2.84. The Morgan fingerprint density at radius 3 is 3.06 bits per heavy atom. The normalized spacial score (nSPS) is 18.5. The number of para-hydroxylation sites is 1. The van der Waals surface area contributed by atoms with Gasteiger partial charge in [0.05, 0.1) is 5.92 Å². The molecule has 0 saturated heterocycles. The van der Waals surface area contributed by atoms with Gasteiger partial charge in [0.1, 0.15) is 0 Å². The molecule has 2 aromatic rings. The Morgan fingerprint density at radius 1 is 1.53 bits per heavy atom. The van der Waals surface area contributed by atoms with Crippen LogP contribution in [-0.2, 0) is 17.6 Å². The van der Waals surface area contributed by atoms with Crippen LogP contribution in [0.5, 0.6) is 0 Å². The first-order valence-corrected chi connectivity index (χ1v) is 6.07. The summed E-state index contributed by atoms with van der Waals surface area (Å²) in [4.78, 5) is 14.7. The van der Waals surface area contributed by atoms with E-state index in [1.165, 1.54) is 5.56 Å². The molecule has 1 aliphatic carbocycles. The number of carboxylic acids is 1. The van der Waals surface area contributed by atoms with Crippen molar-refractivity contribution in [1.29, 1.82) is 0 Å². The van der Waals surface area contributed by atoms with Crippen molar-refractivity contribution in [3.63, 3.8) is 0 Å². The van der Waals surface area contributed by atoms with E-state index in [0.717, 1.165) is 41.4 Å². The second-order valence-corrected chi connectivity index (χ2v) is 4.64. The van der Waals surface area contributed by atoms with Crippen molar-refractivity contribution in [2.45, 2.75) is 32.1 Å². The molecule has 17 heavy (non-hydrogen) atoms. The molecule has 0 aliphatic heterocycles. The number of nitrogens with one attached hydrogen (secondary N) is 1. The number of rotatable bonds is 2. The van der Waals surface area contributed by atoms with Crippen LogP contribution >= 0.6 is 0 Å². The molecule has 1 unspecified atom stereocenters. The molecule has 0 fully saturated rings. The topological polar surface area (TPSA) is 53.1 Å². The molecule has 3 heteroatoms. The molecule has 1 aliphatic rings. The van der Waals surface area contributed by atoms with Crippen LogP contribution in [0.4, 0.5) is 0 Å². The molecule has 2 N–H and O–H groups in total. The Kier molecular flexibility index (Phi) is 2.21. The Hall–Kier alpha value is -1.77. The van der Waals surface area contributed by atoms with Crippen LogP contribution in [0.15, 0.2) is 18.2 Å². The van der Waals surface area contributed by atoms with Gasteiger partial charge in [-0.15, -0.1) is 0 Å². The minimum Gasteiger partial charge on any atom is -0.481 e. The highest BCUT2D eigenvalue weighted by Crippen LogP contribution is 2.39. The van der Waals surface area contributed by atoms with E-state index in [2.05, 4.69) is 18.0 Å². The SMILES string of the molecule is CCc1cccc2c3c([nH]c12)CCC3C(=O)O. The number of carboxylic acid groups (broad SMARTS) is 1. The summed E-state index contributed by atoms with van der Waals surface area (Å²) in [6.45, 7) is 2.12. The molecule has 0 saturated carbocycles. The van der Waals surface area contributed by atoms with Crippen LogP contribution in [0.3, 0.4) is 0 Å². The van der Waals surface area contributed by atoms with Crippen molar-refractivity contribution < 1.29 is 9.90 Å².